The molecule has 2 N–H and O–H groups in total. The van der Waals surface area contributed by atoms with Gasteiger partial charge in [0, 0.05) is 6.54 Å². The summed E-state index contributed by atoms with van der Waals surface area (Å²) in [5.41, 5.74) is 5.20. The van der Waals surface area contributed by atoms with Gasteiger partial charge in [0.2, 0.25) is 0 Å². The molecule has 7 heteroatoms. The molecule has 0 aliphatic heterocycles. The Hall–Kier alpha value is -3.13. The molecule has 0 unspecified atom stereocenters. The molecule has 3 aromatic carbocycles. The molecule has 0 aromatic heterocycles. The molecular weight excluding hydrogens is 426 g/mol. The number of allylic oxidation sites excluding steroid dienone is 1. The minimum Gasteiger partial charge on any atom is -0.492 e. The Morgan fingerprint density at radius 2 is 1.41 bits per heavy atom. The summed E-state index contributed by atoms with van der Waals surface area (Å²) in [7, 11) is -2.69. The van der Waals surface area contributed by atoms with Gasteiger partial charge < -0.3 is 14.2 Å². The molecule has 0 heterocycles. The zero-order valence-corrected chi connectivity index (χ0v) is 18.9. The summed E-state index contributed by atoms with van der Waals surface area (Å²) in [6.45, 7) is 3.45. The smallest absolute Gasteiger partial charge is 0.446 e. The standard InChI is InChI=1S/C25H27NO5S/c1-3-24(19-7-5-4-6-8-19)25(20-9-13-22(14-10-20)30-18-17-26-2)21-11-15-23(16-12-21)31-32(27,28)29/h4-16,26H,3,17-18H2,1-2H3,(H,27,28,29)/b25-24+. The first kappa shape index (κ1) is 23.5. The Morgan fingerprint density at radius 3 is 1.91 bits per heavy atom. The second-order valence-corrected chi connectivity index (χ2v) is 8.11. The van der Waals surface area contributed by atoms with Crippen molar-refractivity contribution in [3.8, 4) is 11.5 Å². The van der Waals surface area contributed by atoms with E-state index in [-0.39, 0.29) is 5.75 Å². The van der Waals surface area contributed by atoms with Gasteiger partial charge >= 0.3 is 10.4 Å². The van der Waals surface area contributed by atoms with Gasteiger partial charge in [0.1, 0.15) is 18.1 Å². The fraction of sp³-hybridized carbons (Fsp3) is 0.200. The Bertz CT molecular complexity index is 1140. The van der Waals surface area contributed by atoms with E-state index in [0.717, 1.165) is 46.6 Å². The van der Waals surface area contributed by atoms with E-state index in [0.29, 0.717) is 6.61 Å². The minimum absolute atomic E-state index is 0.0432. The van der Waals surface area contributed by atoms with E-state index in [1.54, 1.807) is 12.1 Å². The fourth-order valence-corrected chi connectivity index (χ4v) is 3.82. The van der Waals surface area contributed by atoms with Gasteiger partial charge in [-0.15, -0.1) is 0 Å². The molecule has 3 aromatic rings. The van der Waals surface area contributed by atoms with E-state index < -0.39 is 10.4 Å². The highest BCUT2D eigenvalue weighted by Crippen LogP contribution is 2.35. The third-order valence-electron chi connectivity index (χ3n) is 4.89. The second-order valence-electron chi connectivity index (χ2n) is 7.08. The third kappa shape index (κ3) is 6.43. The average molecular weight is 454 g/mol. The van der Waals surface area contributed by atoms with E-state index in [1.165, 1.54) is 12.1 Å². The lowest BCUT2D eigenvalue weighted by Gasteiger charge is -2.17. The van der Waals surface area contributed by atoms with Crippen molar-refractivity contribution < 1.29 is 21.9 Å². The van der Waals surface area contributed by atoms with Crippen LogP contribution in [0.5, 0.6) is 11.5 Å². The van der Waals surface area contributed by atoms with Gasteiger partial charge in [0.25, 0.3) is 0 Å². The van der Waals surface area contributed by atoms with Crippen LogP contribution in [-0.4, -0.2) is 33.2 Å². The number of ether oxygens (including phenoxy) is 1. The predicted octanol–water partition coefficient (Wildman–Crippen LogP) is 4.84. The van der Waals surface area contributed by atoms with Crippen molar-refractivity contribution in [1.29, 1.82) is 0 Å². The Kier molecular flexibility index (Phi) is 8.05. The molecule has 0 fully saturated rings. The first-order valence-electron chi connectivity index (χ1n) is 10.3. The molecule has 0 atom stereocenters. The quantitative estimate of drug-likeness (QED) is 0.260. The highest BCUT2D eigenvalue weighted by molar-refractivity contribution is 7.81. The van der Waals surface area contributed by atoms with Crippen LogP contribution < -0.4 is 14.2 Å². The lowest BCUT2D eigenvalue weighted by atomic mass is 9.88. The topological polar surface area (TPSA) is 84.9 Å². The summed E-state index contributed by atoms with van der Waals surface area (Å²) in [4.78, 5) is 0. The molecule has 0 amide bonds. The number of hydrogen-bond donors (Lipinski definition) is 2. The van der Waals surface area contributed by atoms with Gasteiger partial charge in [-0.2, -0.15) is 8.42 Å². The molecule has 168 valence electrons. The molecule has 0 spiro atoms. The van der Waals surface area contributed by atoms with Gasteiger partial charge in [-0.05, 0) is 65.6 Å². The van der Waals surface area contributed by atoms with Crippen molar-refractivity contribution in [1.82, 2.24) is 5.32 Å². The van der Waals surface area contributed by atoms with Crippen LogP contribution in [0.2, 0.25) is 0 Å². The SMILES string of the molecule is CC/C(=C(/c1ccc(OCCNC)cc1)c1ccc(OS(=O)(=O)O)cc1)c1ccccc1. The van der Waals surface area contributed by atoms with Crippen LogP contribution in [0.3, 0.4) is 0 Å². The molecule has 0 radical (unpaired) electrons. The van der Waals surface area contributed by atoms with Crippen molar-refractivity contribution in [3.05, 3.63) is 95.6 Å². The molecular formula is C25H27NO5S. The van der Waals surface area contributed by atoms with E-state index in [1.807, 2.05) is 49.5 Å². The highest BCUT2D eigenvalue weighted by Gasteiger charge is 2.14. The van der Waals surface area contributed by atoms with E-state index in [2.05, 4.69) is 28.6 Å². The highest BCUT2D eigenvalue weighted by atomic mass is 32.3. The van der Waals surface area contributed by atoms with Crippen LogP contribution in [0.1, 0.15) is 30.0 Å². The van der Waals surface area contributed by atoms with Gasteiger partial charge in [0.15, 0.2) is 0 Å². The molecule has 6 nitrogen and oxygen atoms in total. The maximum Gasteiger partial charge on any atom is 0.446 e. The molecule has 0 saturated carbocycles. The van der Waals surface area contributed by atoms with Crippen LogP contribution >= 0.6 is 0 Å². The fourth-order valence-electron chi connectivity index (χ4n) is 3.47. The van der Waals surface area contributed by atoms with Gasteiger partial charge in [-0.25, -0.2) is 0 Å². The molecule has 32 heavy (non-hydrogen) atoms. The van der Waals surface area contributed by atoms with Crippen LogP contribution in [0.15, 0.2) is 78.9 Å². The third-order valence-corrected chi connectivity index (χ3v) is 5.29. The predicted molar refractivity (Wildman–Crippen MR) is 127 cm³/mol. The van der Waals surface area contributed by atoms with E-state index in [4.69, 9.17) is 9.29 Å². The zero-order valence-electron chi connectivity index (χ0n) is 18.1. The minimum atomic E-state index is -4.57. The lowest BCUT2D eigenvalue weighted by molar-refractivity contribution is 0.318. The normalized spacial score (nSPS) is 12.2. The molecule has 3 rings (SSSR count). The number of nitrogens with one attached hydrogen (secondary N) is 1. The van der Waals surface area contributed by atoms with Crippen molar-refractivity contribution in [2.75, 3.05) is 20.2 Å². The monoisotopic (exact) mass is 453 g/mol. The van der Waals surface area contributed by atoms with Gasteiger partial charge in [0.05, 0.1) is 0 Å². The van der Waals surface area contributed by atoms with Crippen LogP contribution in [-0.2, 0) is 10.4 Å². The number of rotatable bonds is 10. The van der Waals surface area contributed by atoms with Gasteiger partial charge in [-0.3, -0.25) is 4.55 Å². The van der Waals surface area contributed by atoms with Crippen molar-refractivity contribution >= 4 is 21.5 Å². The van der Waals surface area contributed by atoms with Crippen LogP contribution in [0.4, 0.5) is 0 Å². The van der Waals surface area contributed by atoms with Crippen LogP contribution in [0, 0.1) is 0 Å². The Morgan fingerprint density at radius 1 is 0.844 bits per heavy atom. The second kappa shape index (κ2) is 10.9. The lowest BCUT2D eigenvalue weighted by Crippen LogP contribution is -2.15. The molecule has 0 bridgehead atoms. The first-order chi connectivity index (χ1) is 15.4. The van der Waals surface area contributed by atoms with Crippen molar-refractivity contribution in [3.63, 3.8) is 0 Å². The molecule has 0 saturated heterocycles. The Labute approximate surface area is 189 Å². The largest absolute Gasteiger partial charge is 0.492 e. The summed E-state index contributed by atoms with van der Waals surface area (Å²) in [5.74, 6) is 0.833. The maximum atomic E-state index is 11.0. The number of hydrogen-bond acceptors (Lipinski definition) is 5. The van der Waals surface area contributed by atoms with Crippen LogP contribution in [0.25, 0.3) is 11.1 Å². The number of likely N-dealkylation sites (N-methyl/N-ethyl adjacent to an activating group) is 1. The van der Waals surface area contributed by atoms with Crippen molar-refractivity contribution in [2.45, 2.75) is 13.3 Å². The van der Waals surface area contributed by atoms with Crippen molar-refractivity contribution in [2.24, 2.45) is 0 Å². The molecule has 0 aliphatic carbocycles. The summed E-state index contributed by atoms with van der Waals surface area (Å²) in [5, 5.41) is 3.05. The summed E-state index contributed by atoms with van der Waals surface area (Å²) in [6.07, 6.45) is 0.795. The van der Waals surface area contributed by atoms with E-state index >= 15 is 0 Å². The zero-order chi connectivity index (χ0) is 23.0. The average Bonchev–Trinajstić information content (AvgIpc) is 2.78. The maximum absolute atomic E-state index is 11.0. The Balaban J connectivity index is 2.05. The molecule has 0 aliphatic rings. The summed E-state index contributed by atoms with van der Waals surface area (Å²) < 4.78 is 41.3. The summed E-state index contributed by atoms with van der Waals surface area (Å²) >= 11 is 0. The number of benzene rings is 3. The summed E-state index contributed by atoms with van der Waals surface area (Å²) in [6, 6.07) is 24.7. The van der Waals surface area contributed by atoms with Gasteiger partial charge in [-0.1, -0.05) is 61.5 Å². The first-order valence-corrected chi connectivity index (χ1v) is 11.7. The van der Waals surface area contributed by atoms with E-state index in [9.17, 15) is 8.42 Å².